The number of halogens is 10. The van der Waals surface area contributed by atoms with Gasteiger partial charge in [-0.1, -0.05) is 127 Å². The molecule has 0 saturated carbocycles. The average molecular weight is 1110 g/mol. The quantitative estimate of drug-likeness (QED) is 0.0543. The van der Waals surface area contributed by atoms with Crippen LogP contribution in [-0.4, -0.2) is 97.3 Å². The minimum Gasteiger partial charge on any atom is -0.483 e. The first-order chi connectivity index (χ1) is 31.2. The second-order valence-corrected chi connectivity index (χ2v) is 15.8. The van der Waals surface area contributed by atoms with E-state index in [1.165, 1.54) is 60.1 Å². The Morgan fingerprint density at radius 3 is 1.58 bits per heavy atom. The summed E-state index contributed by atoms with van der Waals surface area (Å²) >= 11 is 45.0. The molecule has 0 saturated heterocycles. The van der Waals surface area contributed by atoms with E-state index in [4.69, 9.17) is 103 Å². The van der Waals surface area contributed by atoms with Crippen molar-refractivity contribution in [2.75, 3.05) is 38.2 Å². The molecule has 0 aliphatic carbocycles. The molecule has 0 radical (unpaired) electrons. The van der Waals surface area contributed by atoms with Crippen LogP contribution in [0.3, 0.4) is 0 Å². The highest BCUT2D eigenvalue weighted by molar-refractivity contribution is 7.85. The van der Waals surface area contributed by atoms with Crippen LogP contribution < -0.4 is 48.6 Å². The second-order valence-electron chi connectivity index (χ2n) is 11.2. The van der Waals surface area contributed by atoms with E-state index < -0.39 is 27.8 Å². The third kappa shape index (κ3) is 21.4. The largest absolute Gasteiger partial charge is 0.483 e. The van der Waals surface area contributed by atoms with Crippen LogP contribution in [-0.2, 0) is 14.9 Å². The molecule has 24 nitrogen and oxygen atoms in total. The number of rotatable bonds is 10. The summed E-state index contributed by atoms with van der Waals surface area (Å²) in [6.45, 7) is 0.249. The maximum atomic E-state index is 12.7. The van der Waals surface area contributed by atoms with Crippen molar-refractivity contribution in [1.29, 1.82) is 0 Å². The van der Waals surface area contributed by atoms with Gasteiger partial charge in [0.2, 0.25) is 5.75 Å². The lowest BCUT2D eigenvalue weighted by Crippen LogP contribution is -2.42. The summed E-state index contributed by atoms with van der Waals surface area (Å²) in [4.78, 5) is -0.244. The molecule has 7 rings (SSSR count). The Hall–Kier alpha value is -5.14. The Labute approximate surface area is 413 Å². The second kappa shape index (κ2) is 28.1. The normalized spacial score (nSPS) is 15.1. The van der Waals surface area contributed by atoms with Crippen molar-refractivity contribution >= 4 is 135 Å². The Balaban J connectivity index is 0.000000225. The van der Waals surface area contributed by atoms with Gasteiger partial charge in [0.15, 0.2) is 20.7 Å². The lowest BCUT2D eigenvalue weighted by atomic mass is 10.3. The molecule has 35 heteroatoms. The zero-order valence-corrected chi connectivity index (χ0v) is 40.0. The number of allylic oxidation sites excluding steroid dienone is 4. The van der Waals surface area contributed by atoms with Crippen LogP contribution in [0.1, 0.15) is 0 Å². The van der Waals surface area contributed by atoms with Gasteiger partial charge in [0.05, 0.1) is 22.9 Å². The van der Waals surface area contributed by atoms with Crippen LogP contribution >= 0.6 is 92.8 Å². The van der Waals surface area contributed by atoms with Crippen molar-refractivity contribution in [3.8, 4) is 5.75 Å². The molecule has 4 aliphatic rings. The van der Waals surface area contributed by atoms with Gasteiger partial charge < -0.3 is 9.47 Å². The summed E-state index contributed by atoms with van der Waals surface area (Å²) in [6, 6.07) is 15.1. The van der Waals surface area contributed by atoms with E-state index in [1.807, 2.05) is 30.3 Å². The van der Waals surface area contributed by atoms with Crippen LogP contribution in [0.15, 0.2) is 125 Å². The van der Waals surface area contributed by atoms with E-state index in [1.54, 1.807) is 13.1 Å². The number of benzene rings is 2. The maximum absolute atomic E-state index is 12.7. The summed E-state index contributed by atoms with van der Waals surface area (Å²) < 4.78 is 65.5. The zero-order chi connectivity index (χ0) is 48.8. The van der Waals surface area contributed by atoms with Crippen LogP contribution in [0.2, 0.25) is 0 Å². The van der Waals surface area contributed by atoms with Gasteiger partial charge in [0.25, 0.3) is 22.0 Å². The summed E-state index contributed by atoms with van der Waals surface area (Å²) in [6.07, 6.45) is 5.88. The van der Waals surface area contributed by atoms with Crippen LogP contribution in [0.4, 0.5) is 20.2 Å². The molecular formula is C31H33Cl8F2N19O5S. The number of hydrazine groups is 8. The molecule has 5 heterocycles. The van der Waals surface area contributed by atoms with Crippen molar-refractivity contribution in [1.82, 2.24) is 63.4 Å². The minimum absolute atomic E-state index is 0.0255. The number of anilines is 2. The number of nitrogens with zero attached hydrogens (tertiary/aromatic N) is 11. The van der Waals surface area contributed by atoms with Crippen molar-refractivity contribution < 1.29 is 31.2 Å². The van der Waals surface area contributed by atoms with Gasteiger partial charge in [0.1, 0.15) is 27.2 Å². The van der Waals surface area contributed by atoms with Crippen molar-refractivity contribution in [2.45, 2.75) is 4.90 Å². The molecule has 0 bridgehead atoms. The van der Waals surface area contributed by atoms with E-state index in [0.717, 1.165) is 16.1 Å². The summed E-state index contributed by atoms with van der Waals surface area (Å²) in [5.74, 6) is 2.26. The molecule has 0 fully saturated rings. The first kappa shape index (κ1) is 55.2. The Kier molecular flexibility index (Phi) is 23.5. The fraction of sp³-hybridized carbons (Fsp3) is 0.129. The summed E-state index contributed by atoms with van der Waals surface area (Å²) in [5.41, 5.74) is 20.1. The van der Waals surface area contributed by atoms with Gasteiger partial charge in [-0.05, 0) is 35.5 Å². The molecule has 1 aromatic heterocycles. The number of hydrogen-bond donors (Lipinski definition) is 9. The molecule has 0 spiro atoms. The zero-order valence-electron chi connectivity index (χ0n) is 33.2. The highest BCUT2D eigenvalue weighted by Crippen LogP contribution is 2.18. The minimum atomic E-state index is -4.27. The molecular weight excluding hydrogens is 1070 g/mol. The summed E-state index contributed by atoms with van der Waals surface area (Å²) in [7, 11) is -1.13. The fourth-order valence-electron chi connectivity index (χ4n) is 3.88. The first-order valence-electron chi connectivity index (χ1n) is 17.2. The predicted molar refractivity (Wildman–Crippen MR) is 249 cm³/mol. The summed E-state index contributed by atoms with van der Waals surface area (Å²) in [5, 5.41) is 30.9. The van der Waals surface area contributed by atoms with E-state index in [2.05, 4.69) is 83.3 Å². The van der Waals surface area contributed by atoms with Crippen LogP contribution in [0, 0.1) is 11.9 Å². The number of methoxy groups -OCH3 is 1. The van der Waals surface area contributed by atoms with Crippen molar-refractivity contribution in [3.63, 3.8) is 0 Å². The smallest absolute Gasteiger partial charge is 0.294 e. The molecule has 66 heavy (non-hydrogen) atoms. The standard InChI is InChI=1S/C9H8Cl2N4O3S.C9H8Cl2N4.C6H7F2N3O2.C4H6Cl2N4.C3H4Cl2N4/c10-8-5-9(11)14-15(13-8)12-6-2-1-3-7(4-6)19(16,17)18;10-8-6-9(11)14-15(13-8)12-7-4-2-1-3-5-7;1-12-2-3-13-4-5(7)9-11-10-6(4)8;1-7-10-8-3(5)2-4(6)9-10;4-2-1-3(5)8-9(6)7-2/h1-5,12-13H,(H,16,17,18);1-6,12-13H;2-3H2,1H3;2,7-8H,1H3;1,7H,6H2. The van der Waals surface area contributed by atoms with Gasteiger partial charge in [-0.2, -0.15) is 17.2 Å². The highest BCUT2D eigenvalue weighted by Gasteiger charge is 2.15. The van der Waals surface area contributed by atoms with Gasteiger partial charge in [-0.25, -0.2) is 11.3 Å². The van der Waals surface area contributed by atoms with Crippen LogP contribution in [0.25, 0.3) is 0 Å². The number of nitrogens with two attached hydrogens (primary N) is 1. The number of ether oxygens (including phenoxy) is 2. The number of nitrogens with one attached hydrogen (secondary N) is 7. The third-order valence-electron chi connectivity index (χ3n) is 6.39. The first-order valence-corrected chi connectivity index (χ1v) is 21.7. The molecule has 3 aromatic rings. The number of hydrogen-bond acceptors (Lipinski definition) is 23. The van der Waals surface area contributed by atoms with Gasteiger partial charge in [-0.3, -0.25) is 37.1 Å². The number of para-hydroxylation sites is 1. The topological polar surface area (TPSA) is 284 Å². The lowest BCUT2D eigenvalue weighted by molar-refractivity contribution is 0.138. The average Bonchev–Trinajstić information content (AvgIpc) is 3.21. The van der Waals surface area contributed by atoms with E-state index in [9.17, 15) is 17.2 Å². The van der Waals surface area contributed by atoms with Crippen molar-refractivity contribution in [3.05, 3.63) is 111 Å². The molecule has 10 N–H and O–H groups in total. The van der Waals surface area contributed by atoms with Crippen molar-refractivity contribution in [2.24, 2.45) is 26.2 Å². The van der Waals surface area contributed by atoms with E-state index in [-0.39, 0.29) is 33.6 Å². The number of aromatic nitrogens is 3. The highest BCUT2D eigenvalue weighted by atomic mass is 35.5. The molecule has 0 atom stereocenters. The van der Waals surface area contributed by atoms with E-state index >= 15 is 0 Å². The molecule has 358 valence electrons. The Morgan fingerprint density at radius 1 is 0.667 bits per heavy atom. The molecule has 2 aromatic carbocycles. The molecule has 4 aliphatic heterocycles. The predicted octanol–water partition coefficient (Wildman–Crippen LogP) is 5.24. The Morgan fingerprint density at radius 2 is 1.12 bits per heavy atom. The third-order valence-corrected chi connectivity index (χ3v) is 8.76. The monoisotopic (exact) mass is 1100 g/mol. The maximum Gasteiger partial charge on any atom is 0.294 e. The van der Waals surface area contributed by atoms with Gasteiger partial charge in [-0.15, -0.1) is 41.3 Å². The number of hydrazone groups is 4. The molecule has 0 unspecified atom stereocenters. The molecule has 0 amide bonds. The lowest BCUT2D eigenvalue weighted by Gasteiger charge is -2.24. The SMILES string of the molecule is CNN1N=C(Cl)C=C(Cl)N1.COCCOc1c(F)nnnc1F.ClC1=CC(Cl)=NN(Nc2ccccc2)N1.NN1N=C(Cl)C=C(Cl)N1.O=S(=O)(O)c1cccc(NN2N=C(Cl)C=C(Cl)N2)c1. The van der Waals surface area contributed by atoms with Gasteiger partial charge >= 0.3 is 0 Å². The van der Waals surface area contributed by atoms with Gasteiger partial charge in [0, 0.05) is 38.5 Å². The fourth-order valence-corrected chi connectivity index (χ4v) is 6.12. The Bertz CT molecular complexity index is 2440. The van der Waals surface area contributed by atoms with E-state index in [0.29, 0.717) is 31.5 Å². The van der Waals surface area contributed by atoms with Crippen LogP contribution in [0.5, 0.6) is 5.75 Å².